The van der Waals surface area contributed by atoms with E-state index in [2.05, 4.69) is 4.99 Å². The summed E-state index contributed by atoms with van der Waals surface area (Å²) in [6.45, 7) is 0. The van der Waals surface area contributed by atoms with Gasteiger partial charge in [0.05, 0.1) is 33.5 Å². The Morgan fingerprint density at radius 2 is 1.30 bits per heavy atom. The van der Waals surface area contributed by atoms with Crippen LogP contribution in [0.25, 0.3) is 44.2 Å². The van der Waals surface area contributed by atoms with Crippen molar-refractivity contribution >= 4 is 88.7 Å². The molecule has 10 nitrogen and oxygen atoms in total. The maximum absolute atomic E-state index is 12.6. The van der Waals surface area contributed by atoms with E-state index in [4.69, 9.17) is 10.3 Å². The van der Waals surface area contributed by atoms with Gasteiger partial charge in [-0.05, 0) is 53.9 Å². The Kier molecular flexibility index (Phi) is 8.76. The molecular weight excluding hydrogens is 648 g/mol. The van der Waals surface area contributed by atoms with Crippen molar-refractivity contribution in [3.05, 3.63) is 138 Å². The van der Waals surface area contributed by atoms with Gasteiger partial charge in [0, 0.05) is 40.6 Å². The van der Waals surface area contributed by atoms with E-state index in [1.807, 2.05) is 41.0 Å². The third kappa shape index (κ3) is 6.32. The molecular formula is C34H23N4NaO6S2-. The predicted molar refractivity (Wildman–Crippen MR) is 181 cm³/mol. The number of para-hydroxylation sites is 3. The summed E-state index contributed by atoms with van der Waals surface area (Å²) in [6, 6.07) is 35.9. The average Bonchev–Trinajstić information content (AvgIpc) is 3.04. The summed E-state index contributed by atoms with van der Waals surface area (Å²) >= 11 is 0. The Morgan fingerprint density at radius 1 is 0.681 bits per heavy atom. The van der Waals surface area contributed by atoms with Crippen LogP contribution in [0.2, 0.25) is 0 Å². The van der Waals surface area contributed by atoms with Crippen LogP contribution in [0.5, 0.6) is 0 Å². The zero-order valence-electron chi connectivity index (χ0n) is 24.8. The van der Waals surface area contributed by atoms with Crippen molar-refractivity contribution in [2.75, 3.05) is 0 Å². The van der Waals surface area contributed by atoms with Gasteiger partial charge in [0.1, 0.15) is 9.79 Å². The maximum Gasteiger partial charge on any atom is 0.296 e. The molecule has 229 valence electrons. The van der Waals surface area contributed by atoms with Crippen molar-refractivity contribution in [3.8, 4) is 17.1 Å². The molecule has 2 aliphatic rings. The van der Waals surface area contributed by atoms with Crippen molar-refractivity contribution in [1.82, 2.24) is 9.55 Å². The molecule has 1 heterocycles. The van der Waals surface area contributed by atoms with E-state index in [1.54, 1.807) is 66.7 Å². The Labute approximate surface area is 292 Å². The first-order chi connectivity index (χ1) is 22.1. The topological polar surface area (TPSA) is 153 Å². The summed E-state index contributed by atoms with van der Waals surface area (Å²) in [7, 11) is -9.45. The number of hydrogen-bond donors (Lipinski definition) is 2. The normalized spacial score (nSPS) is 12.3. The van der Waals surface area contributed by atoms with Gasteiger partial charge in [-0.1, -0.05) is 78.9 Å². The number of fused-ring (bicyclic) bond motifs is 4. The molecule has 1 aliphatic heterocycles. The van der Waals surface area contributed by atoms with Crippen molar-refractivity contribution in [1.29, 1.82) is 0 Å². The molecule has 0 aromatic heterocycles. The number of hydrogen-bond acceptors (Lipinski definition) is 6. The second-order valence-electron chi connectivity index (χ2n) is 10.4. The van der Waals surface area contributed by atoms with Crippen molar-refractivity contribution in [2.24, 2.45) is 4.99 Å². The maximum atomic E-state index is 12.6. The summed E-state index contributed by atoms with van der Waals surface area (Å²) in [5.74, 6) is 0. The third-order valence-corrected chi connectivity index (χ3v) is 9.18. The number of aromatic nitrogens is 2. The van der Waals surface area contributed by atoms with Gasteiger partial charge in [-0.25, -0.2) is 9.98 Å². The van der Waals surface area contributed by atoms with E-state index in [1.165, 1.54) is 24.3 Å². The van der Waals surface area contributed by atoms with Gasteiger partial charge in [0.25, 0.3) is 20.2 Å². The van der Waals surface area contributed by atoms with Gasteiger partial charge in [-0.2, -0.15) is 16.8 Å². The molecule has 47 heavy (non-hydrogen) atoms. The fraction of sp³-hybridized carbons (Fsp3) is 0. The van der Waals surface area contributed by atoms with E-state index >= 15 is 0 Å². The Bertz CT molecular complexity index is 2550. The van der Waals surface area contributed by atoms with Gasteiger partial charge in [0.15, 0.2) is 0 Å². The van der Waals surface area contributed by atoms with Crippen molar-refractivity contribution < 1.29 is 25.9 Å². The molecule has 0 amide bonds. The molecule has 0 unspecified atom stereocenters. The van der Waals surface area contributed by atoms with E-state index in [9.17, 15) is 25.9 Å². The van der Waals surface area contributed by atoms with Crippen LogP contribution in [0.1, 0.15) is 0 Å². The summed E-state index contributed by atoms with van der Waals surface area (Å²) in [5, 5.41) is 5.26. The first kappa shape index (κ1) is 32.5. The van der Waals surface area contributed by atoms with Crippen LogP contribution < -0.4 is 5.36 Å². The summed E-state index contributed by atoms with van der Waals surface area (Å²) in [4.78, 5) is 8.56. The molecule has 1 radical (unpaired) electrons. The van der Waals surface area contributed by atoms with Crippen molar-refractivity contribution in [3.63, 3.8) is 0 Å². The standard InChI is InChI=1S/C34H23N4O6S2.Na/c39-45(40,41)31-18-10-17-25-33(31)28(36-23-13-6-2-7-14-23)20-30-34(25)37-26-21-32(46(42,43)44)27(35-22-11-4-1-5-12-22)19-29(26)38(30)24-15-8-3-9-16-24;/h1-21H,(H,39,40,41)(H,42,43,44);/q-1;. The molecule has 1 aliphatic carbocycles. The number of benzene rings is 6. The molecule has 0 fully saturated rings. The molecule has 0 saturated carbocycles. The molecule has 7 rings (SSSR count). The van der Waals surface area contributed by atoms with Crippen LogP contribution in [0.15, 0.2) is 142 Å². The largest absolute Gasteiger partial charge is 0.657 e. The Morgan fingerprint density at radius 3 is 1.94 bits per heavy atom. The second kappa shape index (κ2) is 12.7. The molecule has 0 spiro atoms. The fourth-order valence-electron chi connectivity index (χ4n) is 5.49. The minimum Gasteiger partial charge on any atom is -0.657 e. The molecule has 5 aromatic rings. The van der Waals surface area contributed by atoms with E-state index in [0.29, 0.717) is 39.2 Å². The van der Waals surface area contributed by atoms with Crippen LogP contribution >= 0.6 is 0 Å². The third-order valence-electron chi connectivity index (χ3n) is 7.41. The smallest absolute Gasteiger partial charge is 0.296 e. The van der Waals surface area contributed by atoms with Crippen LogP contribution in [-0.2, 0) is 20.2 Å². The van der Waals surface area contributed by atoms with Gasteiger partial charge < -0.3 is 9.88 Å². The van der Waals surface area contributed by atoms with E-state index in [0.717, 1.165) is 0 Å². The molecule has 5 aromatic carbocycles. The van der Waals surface area contributed by atoms with Crippen LogP contribution in [-0.4, -0.2) is 65.0 Å². The zero-order chi connectivity index (χ0) is 32.1. The second-order valence-corrected chi connectivity index (χ2v) is 13.2. The molecule has 0 bridgehead atoms. The minimum atomic E-state index is -4.76. The quantitative estimate of drug-likeness (QED) is 0.0839. The van der Waals surface area contributed by atoms with Gasteiger partial charge in [-0.15, -0.1) is 11.4 Å². The van der Waals surface area contributed by atoms with Gasteiger partial charge in [-0.3, -0.25) is 9.11 Å². The Hall–Kier alpha value is -4.40. The van der Waals surface area contributed by atoms with E-state index in [-0.39, 0.29) is 56.6 Å². The van der Waals surface area contributed by atoms with Crippen molar-refractivity contribution in [2.45, 2.75) is 9.79 Å². The van der Waals surface area contributed by atoms with Gasteiger partial charge >= 0.3 is 0 Å². The average molecular weight is 671 g/mol. The predicted octanol–water partition coefficient (Wildman–Crippen LogP) is 6.97. The molecule has 0 atom stereocenters. The number of rotatable bonds is 6. The monoisotopic (exact) mass is 670 g/mol. The summed E-state index contributed by atoms with van der Waals surface area (Å²) < 4.78 is 72.9. The SMILES string of the molecule is O=S(=O)(O)c1cc2nc3c4cccc(S(=O)(=O)O)c4c([N-]c4ccccc4)cc3n(-c3ccccc3)c-2cc1=Nc1ccccc1.[Na]. The van der Waals surface area contributed by atoms with Gasteiger partial charge in [0.2, 0.25) is 0 Å². The molecule has 13 heteroatoms. The van der Waals surface area contributed by atoms with Crippen LogP contribution in [0.3, 0.4) is 0 Å². The first-order valence-electron chi connectivity index (χ1n) is 13.9. The zero-order valence-corrected chi connectivity index (χ0v) is 28.4. The van der Waals surface area contributed by atoms with E-state index < -0.39 is 25.1 Å². The van der Waals surface area contributed by atoms with Crippen LogP contribution in [0.4, 0.5) is 17.1 Å². The Balaban J connectivity index is 0.00000386. The van der Waals surface area contributed by atoms with Crippen LogP contribution in [0, 0.1) is 0 Å². The summed E-state index contributed by atoms with van der Waals surface area (Å²) in [6.07, 6.45) is 0. The minimum absolute atomic E-state index is 0. The fourth-order valence-corrected chi connectivity index (χ4v) is 6.84. The first-order valence-corrected chi connectivity index (χ1v) is 16.8. The summed E-state index contributed by atoms with van der Waals surface area (Å²) in [5.41, 5.74) is 3.42. The number of nitrogens with zero attached hydrogens (tertiary/aromatic N) is 4. The molecule has 0 saturated heterocycles. The molecule has 2 N–H and O–H groups in total.